The van der Waals surface area contributed by atoms with Crippen LogP contribution >= 0.6 is 0 Å². The van der Waals surface area contributed by atoms with Gasteiger partial charge in [0, 0.05) is 12.4 Å². The number of ketones is 1. The van der Waals surface area contributed by atoms with Crippen LogP contribution in [0.15, 0.2) is 53.3 Å². The van der Waals surface area contributed by atoms with Gasteiger partial charge in [-0.3, -0.25) is 9.59 Å². The maximum absolute atomic E-state index is 12.4. The summed E-state index contributed by atoms with van der Waals surface area (Å²) in [6.45, 7) is -0.460. The van der Waals surface area contributed by atoms with E-state index in [0.717, 1.165) is 4.68 Å². The first-order chi connectivity index (χ1) is 12.5. The van der Waals surface area contributed by atoms with Crippen LogP contribution in [0.3, 0.4) is 0 Å². The number of hydrogen-bond donors (Lipinski definition) is 0. The molecule has 0 atom stereocenters. The van der Waals surface area contributed by atoms with Crippen molar-refractivity contribution >= 4 is 22.5 Å². The van der Waals surface area contributed by atoms with Crippen LogP contribution in [0.25, 0.3) is 10.8 Å². The van der Waals surface area contributed by atoms with Crippen LogP contribution in [0, 0.1) is 0 Å². The normalized spacial score (nSPS) is 10.5. The molecule has 0 fully saturated rings. The minimum Gasteiger partial charge on any atom is -0.496 e. The number of nitrogens with zero attached hydrogens (tertiary/aromatic N) is 2. The number of carbonyl (C=O) groups excluding carboxylic acids is 2. The van der Waals surface area contributed by atoms with Crippen LogP contribution in [0.2, 0.25) is 0 Å². The molecule has 0 N–H and O–H groups in total. The summed E-state index contributed by atoms with van der Waals surface area (Å²) in [7, 11) is 2.91. The van der Waals surface area contributed by atoms with E-state index in [1.165, 1.54) is 14.2 Å². The Hall–Kier alpha value is -3.48. The van der Waals surface area contributed by atoms with Crippen LogP contribution in [-0.2, 0) is 11.8 Å². The number of methoxy groups -OCH3 is 1. The van der Waals surface area contributed by atoms with Gasteiger partial charge < -0.3 is 9.47 Å². The number of para-hydroxylation sites is 1. The van der Waals surface area contributed by atoms with Gasteiger partial charge in [0.1, 0.15) is 5.75 Å². The standard InChI is InChI=1S/C19H16N2O5/c1-21-18(23)13-8-4-3-7-12(13)17(20-21)19(24)26-11-15(22)14-9-5-6-10-16(14)25-2/h3-10H,11H2,1-2H3. The predicted octanol–water partition coefficient (Wildman–Crippen LogP) is 1.98. The highest BCUT2D eigenvalue weighted by Gasteiger charge is 2.19. The largest absolute Gasteiger partial charge is 0.496 e. The summed E-state index contributed by atoms with van der Waals surface area (Å²) >= 11 is 0. The van der Waals surface area contributed by atoms with Gasteiger partial charge in [0.25, 0.3) is 5.56 Å². The van der Waals surface area contributed by atoms with Crippen molar-refractivity contribution < 1.29 is 19.1 Å². The van der Waals surface area contributed by atoms with Gasteiger partial charge in [-0.05, 0) is 18.2 Å². The van der Waals surface area contributed by atoms with E-state index in [1.807, 2.05) is 0 Å². The van der Waals surface area contributed by atoms with Gasteiger partial charge in [0.2, 0.25) is 5.78 Å². The molecule has 0 aliphatic rings. The van der Waals surface area contributed by atoms with E-state index in [-0.39, 0.29) is 11.3 Å². The molecule has 0 radical (unpaired) electrons. The van der Waals surface area contributed by atoms with Crippen LogP contribution < -0.4 is 10.3 Å². The second-order valence-electron chi connectivity index (χ2n) is 5.52. The maximum atomic E-state index is 12.4. The molecule has 0 saturated carbocycles. The van der Waals surface area contributed by atoms with Crippen LogP contribution in [0.5, 0.6) is 5.75 Å². The van der Waals surface area contributed by atoms with E-state index >= 15 is 0 Å². The topological polar surface area (TPSA) is 87.5 Å². The van der Waals surface area contributed by atoms with E-state index in [2.05, 4.69) is 5.10 Å². The number of benzene rings is 2. The maximum Gasteiger partial charge on any atom is 0.359 e. The van der Waals surface area contributed by atoms with Gasteiger partial charge in [-0.2, -0.15) is 5.10 Å². The minimum atomic E-state index is -0.778. The molecule has 1 aromatic heterocycles. The van der Waals surface area contributed by atoms with E-state index in [1.54, 1.807) is 48.5 Å². The van der Waals surface area contributed by atoms with Crippen molar-refractivity contribution in [1.82, 2.24) is 9.78 Å². The van der Waals surface area contributed by atoms with Crippen LogP contribution in [-0.4, -0.2) is 35.2 Å². The van der Waals surface area contributed by atoms with Crippen LogP contribution in [0.1, 0.15) is 20.8 Å². The van der Waals surface area contributed by atoms with Crippen molar-refractivity contribution in [2.24, 2.45) is 7.05 Å². The number of esters is 1. The zero-order valence-corrected chi connectivity index (χ0v) is 14.3. The molecular weight excluding hydrogens is 336 g/mol. The number of Topliss-reactive ketones (excluding diaryl/α,β-unsaturated/α-hetero) is 1. The van der Waals surface area contributed by atoms with Crippen LogP contribution in [0.4, 0.5) is 0 Å². The highest BCUT2D eigenvalue weighted by molar-refractivity contribution is 6.04. The Morgan fingerprint density at radius 1 is 1.04 bits per heavy atom. The average Bonchev–Trinajstić information content (AvgIpc) is 2.68. The van der Waals surface area contributed by atoms with Gasteiger partial charge in [-0.25, -0.2) is 9.48 Å². The second-order valence-corrected chi connectivity index (χ2v) is 5.52. The quantitative estimate of drug-likeness (QED) is 0.515. The number of carbonyl (C=O) groups is 2. The summed E-state index contributed by atoms with van der Waals surface area (Å²) in [5.74, 6) is -0.774. The number of hydrogen-bond acceptors (Lipinski definition) is 6. The third-order valence-electron chi connectivity index (χ3n) is 3.89. The van der Waals surface area contributed by atoms with Gasteiger partial charge in [0.05, 0.1) is 18.1 Å². The molecule has 7 nitrogen and oxygen atoms in total. The first-order valence-electron chi connectivity index (χ1n) is 7.82. The predicted molar refractivity (Wildman–Crippen MR) is 94.6 cm³/mol. The van der Waals surface area contributed by atoms with E-state index in [4.69, 9.17) is 9.47 Å². The Labute approximate surface area is 148 Å². The molecule has 1 heterocycles. The first kappa shape index (κ1) is 17.3. The zero-order chi connectivity index (χ0) is 18.7. The SMILES string of the molecule is COc1ccccc1C(=O)COC(=O)c1nn(C)c(=O)c2ccccc12. The summed E-state index contributed by atoms with van der Waals surface area (Å²) in [6, 6.07) is 13.3. The lowest BCUT2D eigenvalue weighted by Crippen LogP contribution is -2.24. The average molecular weight is 352 g/mol. The number of ether oxygens (including phenoxy) is 2. The molecule has 0 spiro atoms. The molecule has 132 valence electrons. The molecule has 0 saturated heterocycles. The zero-order valence-electron chi connectivity index (χ0n) is 14.3. The Morgan fingerprint density at radius 2 is 1.69 bits per heavy atom. The first-order valence-corrected chi connectivity index (χ1v) is 7.82. The van der Waals surface area contributed by atoms with E-state index in [9.17, 15) is 14.4 Å². The molecule has 0 aliphatic carbocycles. The minimum absolute atomic E-state index is 0.0180. The lowest BCUT2D eigenvalue weighted by atomic mass is 10.1. The molecular formula is C19H16N2O5. The van der Waals surface area contributed by atoms with Crippen molar-refractivity contribution in [1.29, 1.82) is 0 Å². The third-order valence-corrected chi connectivity index (χ3v) is 3.89. The summed E-state index contributed by atoms with van der Waals surface area (Å²) in [6.07, 6.45) is 0. The monoisotopic (exact) mass is 352 g/mol. The second kappa shape index (κ2) is 7.18. The summed E-state index contributed by atoms with van der Waals surface area (Å²) in [4.78, 5) is 36.8. The van der Waals surface area contributed by atoms with Crippen molar-refractivity contribution in [3.63, 3.8) is 0 Å². The van der Waals surface area contributed by atoms with E-state index in [0.29, 0.717) is 22.1 Å². The molecule has 3 rings (SSSR count). The summed E-state index contributed by atoms with van der Waals surface area (Å²) < 4.78 is 11.3. The van der Waals surface area contributed by atoms with Crippen molar-refractivity contribution in [2.75, 3.05) is 13.7 Å². The summed E-state index contributed by atoms with van der Waals surface area (Å²) in [5, 5.41) is 4.71. The molecule has 26 heavy (non-hydrogen) atoms. The number of fused-ring (bicyclic) bond motifs is 1. The number of rotatable bonds is 5. The molecule has 0 unspecified atom stereocenters. The summed E-state index contributed by atoms with van der Waals surface area (Å²) in [5.41, 5.74) is -0.0150. The fraction of sp³-hybridized carbons (Fsp3) is 0.158. The fourth-order valence-electron chi connectivity index (χ4n) is 2.60. The van der Waals surface area contributed by atoms with Crippen molar-refractivity contribution in [2.45, 2.75) is 0 Å². The Morgan fingerprint density at radius 3 is 2.42 bits per heavy atom. The molecule has 0 aliphatic heterocycles. The Balaban J connectivity index is 1.85. The van der Waals surface area contributed by atoms with Gasteiger partial charge in [0.15, 0.2) is 12.3 Å². The Kier molecular flexibility index (Phi) is 4.79. The smallest absolute Gasteiger partial charge is 0.359 e. The number of aryl methyl sites for hydroxylation is 1. The Bertz CT molecular complexity index is 1060. The molecule has 0 bridgehead atoms. The van der Waals surface area contributed by atoms with Gasteiger partial charge in [-0.15, -0.1) is 0 Å². The molecule has 2 aromatic carbocycles. The van der Waals surface area contributed by atoms with Gasteiger partial charge >= 0.3 is 5.97 Å². The number of aromatic nitrogens is 2. The van der Waals surface area contributed by atoms with Crippen molar-refractivity contribution in [3.05, 3.63) is 70.1 Å². The van der Waals surface area contributed by atoms with Crippen molar-refractivity contribution in [3.8, 4) is 5.75 Å². The van der Waals surface area contributed by atoms with E-state index < -0.39 is 18.4 Å². The lowest BCUT2D eigenvalue weighted by molar-refractivity contribution is 0.0468. The highest BCUT2D eigenvalue weighted by Crippen LogP contribution is 2.18. The molecule has 0 amide bonds. The third kappa shape index (κ3) is 3.19. The molecule has 3 aromatic rings. The molecule has 7 heteroatoms. The highest BCUT2D eigenvalue weighted by atomic mass is 16.5. The van der Waals surface area contributed by atoms with Gasteiger partial charge in [-0.1, -0.05) is 30.3 Å². The lowest BCUT2D eigenvalue weighted by Gasteiger charge is -2.09. The fourth-order valence-corrected chi connectivity index (χ4v) is 2.60.